The third-order valence-corrected chi connectivity index (χ3v) is 9.90. The molecule has 0 radical (unpaired) electrons. The first-order chi connectivity index (χ1) is 23.6. The molecule has 0 heterocycles. The Morgan fingerprint density at radius 1 is 0.396 bits per heavy atom. The Morgan fingerprint density at radius 3 is 0.917 bits per heavy atom. The molecule has 0 aromatic heterocycles. The minimum Gasteiger partial charge on any atom is -0.462 e. The summed E-state index contributed by atoms with van der Waals surface area (Å²) in [6, 6.07) is 0. The molecule has 0 aromatic rings. The number of esters is 2. The van der Waals surface area contributed by atoms with E-state index in [0.717, 1.165) is 32.1 Å². The maximum atomic E-state index is 12.1. The quantitative estimate of drug-likeness (QED) is 0.0515. The van der Waals surface area contributed by atoms with E-state index < -0.39 is 6.10 Å². The second-order valence-electron chi connectivity index (χ2n) is 14.8. The van der Waals surface area contributed by atoms with Gasteiger partial charge in [-0.25, -0.2) is 0 Å². The van der Waals surface area contributed by atoms with Crippen LogP contribution >= 0.6 is 0 Å². The molecular weight excluding hydrogens is 596 g/mol. The van der Waals surface area contributed by atoms with E-state index in [4.69, 9.17) is 9.47 Å². The largest absolute Gasteiger partial charge is 0.462 e. The highest BCUT2D eigenvalue weighted by Gasteiger charge is 2.16. The van der Waals surface area contributed by atoms with E-state index in [1.54, 1.807) is 0 Å². The fourth-order valence-electron chi connectivity index (χ4n) is 6.62. The summed E-state index contributed by atoms with van der Waals surface area (Å²) < 4.78 is 10.6. The standard InChI is InChI=1S/C43H84O5/c1-3-5-7-9-11-13-15-16-17-18-19-20-21-22-23-24-25-26-28-29-31-33-35-37-42(45)47-40-41(39-44)48-43(46)38-36-34-32-30-27-14-12-10-8-6-4-2/h41,44H,3-40H2,1-2H3/t41-/m0/s1. The maximum absolute atomic E-state index is 12.1. The summed E-state index contributed by atoms with van der Waals surface area (Å²) in [5.41, 5.74) is 0. The predicted molar refractivity (Wildman–Crippen MR) is 205 cm³/mol. The zero-order valence-electron chi connectivity index (χ0n) is 32.5. The lowest BCUT2D eigenvalue weighted by Gasteiger charge is -2.15. The van der Waals surface area contributed by atoms with Crippen LogP contribution in [0.3, 0.4) is 0 Å². The number of unbranched alkanes of at least 4 members (excludes halogenated alkanes) is 32. The average molecular weight is 681 g/mol. The van der Waals surface area contributed by atoms with Crippen LogP contribution in [0.4, 0.5) is 0 Å². The summed E-state index contributed by atoms with van der Waals surface area (Å²) in [5.74, 6) is -0.575. The molecule has 0 saturated carbocycles. The molecule has 0 spiro atoms. The van der Waals surface area contributed by atoms with Crippen molar-refractivity contribution in [3.63, 3.8) is 0 Å². The van der Waals surface area contributed by atoms with Crippen LogP contribution < -0.4 is 0 Å². The molecule has 0 unspecified atom stereocenters. The second-order valence-corrected chi connectivity index (χ2v) is 14.8. The number of aliphatic hydroxyl groups is 1. The van der Waals surface area contributed by atoms with Crippen LogP contribution in [-0.2, 0) is 19.1 Å². The van der Waals surface area contributed by atoms with E-state index >= 15 is 0 Å². The summed E-state index contributed by atoms with van der Waals surface area (Å²) in [7, 11) is 0. The molecule has 0 aliphatic heterocycles. The van der Waals surface area contributed by atoms with Crippen LogP contribution in [0, 0.1) is 0 Å². The van der Waals surface area contributed by atoms with Gasteiger partial charge in [-0.2, -0.15) is 0 Å². The third kappa shape index (κ3) is 37.7. The minimum atomic E-state index is -0.761. The molecule has 0 saturated heterocycles. The first kappa shape index (κ1) is 46.9. The monoisotopic (exact) mass is 681 g/mol. The zero-order valence-corrected chi connectivity index (χ0v) is 32.5. The third-order valence-electron chi connectivity index (χ3n) is 9.90. The van der Waals surface area contributed by atoms with Crippen LogP contribution in [0.15, 0.2) is 0 Å². The Hall–Kier alpha value is -1.10. The fourth-order valence-corrected chi connectivity index (χ4v) is 6.62. The van der Waals surface area contributed by atoms with E-state index in [9.17, 15) is 14.7 Å². The van der Waals surface area contributed by atoms with E-state index in [0.29, 0.717) is 12.8 Å². The van der Waals surface area contributed by atoms with Gasteiger partial charge in [0.25, 0.3) is 0 Å². The maximum Gasteiger partial charge on any atom is 0.306 e. The lowest BCUT2D eigenvalue weighted by atomic mass is 10.0. The number of aliphatic hydroxyl groups excluding tert-OH is 1. The van der Waals surface area contributed by atoms with Crippen LogP contribution in [0.2, 0.25) is 0 Å². The number of hydrogen-bond donors (Lipinski definition) is 1. The van der Waals surface area contributed by atoms with Gasteiger partial charge in [-0.15, -0.1) is 0 Å². The van der Waals surface area contributed by atoms with Crippen LogP contribution in [0.1, 0.15) is 245 Å². The van der Waals surface area contributed by atoms with Crippen LogP contribution in [0.5, 0.6) is 0 Å². The first-order valence-corrected chi connectivity index (χ1v) is 21.6. The van der Waals surface area contributed by atoms with Crippen molar-refractivity contribution in [1.29, 1.82) is 0 Å². The van der Waals surface area contributed by atoms with Gasteiger partial charge in [0.15, 0.2) is 6.10 Å². The molecule has 0 bridgehead atoms. The molecule has 0 aromatic carbocycles. The van der Waals surface area contributed by atoms with Crippen molar-refractivity contribution in [3.8, 4) is 0 Å². The molecule has 48 heavy (non-hydrogen) atoms. The van der Waals surface area contributed by atoms with Crippen molar-refractivity contribution in [1.82, 2.24) is 0 Å². The van der Waals surface area contributed by atoms with Crippen LogP contribution in [0.25, 0.3) is 0 Å². The first-order valence-electron chi connectivity index (χ1n) is 21.6. The summed E-state index contributed by atoms with van der Waals surface area (Å²) in [4.78, 5) is 24.2. The highest BCUT2D eigenvalue weighted by molar-refractivity contribution is 5.70. The fraction of sp³-hybridized carbons (Fsp3) is 0.953. The molecular formula is C43H84O5. The Bertz CT molecular complexity index is 651. The van der Waals surface area contributed by atoms with Gasteiger partial charge in [-0.3, -0.25) is 9.59 Å². The van der Waals surface area contributed by atoms with Gasteiger partial charge >= 0.3 is 11.9 Å². The van der Waals surface area contributed by atoms with Gasteiger partial charge in [0, 0.05) is 12.8 Å². The molecule has 0 aliphatic carbocycles. The predicted octanol–water partition coefficient (Wildman–Crippen LogP) is 13.5. The topological polar surface area (TPSA) is 72.8 Å². The van der Waals surface area contributed by atoms with Crippen molar-refractivity contribution >= 4 is 11.9 Å². The molecule has 1 atom stereocenters. The zero-order chi connectivity index (χ0) is 35.0. The number of ether oxygens (including phenoxy) is 2. The van der Waals surface area contributed by atoms with E-state index in [-0.39, 0.29) is 25.2 Å². The lowest BCUT2D eigenvalue weighted by Crippen LogP contribution is -2.28. The highest BCUT2D eigenvalue weighted by atomic mass is 16.6. The van der Waals surface area contributed by atoms with Gasteiger partial charge in [0.2, 0.25) is 0 Å². The smallest absolute Gasteiger partial charge is 0.306 e. The van der Waals surface area contributed by atoms with Crippen molar-refractivity contribution < 1.29 is 24.2 Å². The second kappa shape index (κ2) is 40.3. The summed E-state index contributed by atoms with van der Waals surface area (Å²) in [6.45, 7) is 4.16. The average Bonchev–Trinajstić information content (AvgIpc) is 3.09. The summed E-state index contributed by atoms with van der Waals surface area (Å²) in [6.07, 6.45) is 44.7. The number of carbonyl (C=O) groups is 2. The Morgan fingerprint density at radius 2 is 0.646 bits per heavy atom. The van der Waals surface area contributed by atoms with Crippen molar-refractivity contribution in [2.24, 2.45) is 0 Å². The van der Waals surface area contributed by atoms with E-state index in [2.05, 4.69) is 13.8 Å². The molecule has 286 valence electrons. The van der Waals surface area contributed by atoms with Gasteiger partial charge < -0.3 is 14.6 Å². The lowest BCUT2D eigenvalue weighted by molar-refractivity contribution is -0.161. The summed E-state index contributed by atoms with van der Waals surface area (Å²) >= 11 is 0. The molecule has 0 rings (SSSR count). The van der Waals surface area contributed by atoms with Crippen LogP contribution in [-0.4, -0.2) is 36.4 Å². The van der Waals surface area contributed by atoms with Gasteiger partial charge in [0.1, 0.15) is 6.61 Å². The SMILES string of the molecule is CCCCCCCCCCCCCCCCCCCCCCCCCC(=O)OC[C@H](CO)OC(=O)CCCCCCCCCCCCC. The highest BCUT2D eigenvalue weighted by Crippen LogP contribution is 2.16. The summed E-state index contributed by atoms with van der Waals surface area (Å²) in [5, 5.41) is 9.55. The van der Waals surface area contributed by atoms with Gasteiger partial charge in [-0.1, -0.05) is 219 Å². The molecule has 0 aliphatic rings. The number of carbonyl (C=O) groups excluding carboxylic acids is 2. The van der Waals surface area contributed by atoms with E-state index in [1.165, 1.54) is 186 Å². The molecule has 0 amide bonds. The van der Waals surface area contributed by atoms with Gasteiger partial charge in [-0.05, 0) is 12.8 Å². The van der Waals surface area contributed by atoms with Crippen molar-refractivity contribution in [2.45, 2.75) is 251 Å². The molecule has 5 heteroatoms. The van der Waals surface area contributed by atoms with E-state index in [1.807, 2.05) is 0 Å². The Labute approximate surface area is 299 Å². The van der Waals surface area contributed by atoms with Crippen molar-refractivity contribution in [3.05, 3.63) is 0 Å². The molecule has 0 fully saturated rings. The van der Waals surface area contributed by atoms with Crippen molar-refractivity contribution in [2.75, 3.05) is 13.2 Å². The molecule has 5 nitrogen and oxygen atoms in total. The number of rotatable bonds is 40. The number of hydrogen-bond acceptors (Lipinski definition) is 5. The minimum absolute atomic E-state index is 0.0569. The molecule has 1 N–H and O–H groups in total. The normalized spacial score (nSPS) is 12.0. The Kier molecular flexibility index (Phi) is 39.4. The van der Waals surface area contributed by atoms with Gasteiger partial charge in [0.05, 0.1) is 6.61 Å². The Balaban J connectivity index is 3.42.